The van der Waals surface area contributed by atoms with E-state index in [0.717, 1.165) is 22.4 Å². The van der Waals surface area contributed by atoms with E-state index in [2.05, 4.69) is 16.6 Å². The Hall–Kier alpha value is -2.50. The van der Waals surface area contributed by atoms with Crippen LogP contribution in [-0.4, -0.2) is 47.4 Å². The molecule has 1 aromatic carbocycles. The molecule has 104 valence electrons. The first-order valence-corrected chi connectivity index (χ1v) is 6.44. The molecule has 1 amide bonds. The van der Waals surface area contributed by atoms with E-state index in [1.54, 1.807) is 6.08 Å². The van der Waals surface area contributed by atoms with Crippen molar-refractivity contribution in [1.82, 2.24) is 10.1 Å². The van der Waals surface area contributed by atoms with Crippen LogP contribution < -0.4 is 4.90 Å². The van der Waals surface area contributed by atoms with Gasteiger partial charge in [0.05, 0.1) is 5.39 Å². The minimum Gasteiger partial charge on any atom is -0.465 e. The smallest absolute Gasteiger partial charge is 0.407 e. The molecule has 2 aromatic rings. The Kier molecular flexibility index (Phi) is 3.06. The summed E-state index contributed by atoms with van der Waals surface area (Å²) in [5, 5.41) is 14.0. The summed E-state index contributed by atoms with van der Waals surface area (Å²) in [4.78, 5) is 14.4. The van der Waals surface area contributed by atoms with Gasteiger partial charge in [0.25, 0.3) is 0 Å². The Morgan fingerprint density at radius 2 is 2.10 bits per heavy atom. The minimum atomic E-state index is -0.872. The molecular formula is C14H15N3O3. The molecule has 0 unspecified atom stereocenters. The van der Waals surface area contributed by atoms with Gasteiger partial charge in [0.2, 0.25) is 0 Å². The third-order valence-electron chi connectivity index (χ3n) is 3.56. The first-order chi connectivity index (χ1) is 9.69. The number of amides is 1. The normalized spacial score (nSPS) is 15.6. The molecule has 1 aromatic heterocycles. The number of fused-ring (bicyclic) bond motifs is 1. The number of nitrogens with zero attached hydrogens (tertiary/aromatic N) is 3. The zero-order valence-electron chi connectivity index (χ0n) is 11.0. The van der Waals surface area contributed by atoms with Crippen molar-refractivity contribution in [3.8, 4) is 0 Å². The number of piperazine rings is 1. The average Bonchev–Trinajstić information content (AvgIpc) is 2.90. The van der Waals surface area contributed by atoms with Crippen molar-refractivity contribution in [1.29, 1.82) is 0 Å². The molecule has 6 nitrogen and oxygen atoms in total. The summed E-state index contributed by atoms with van der Waals surface area (Å²) in [6.07, 6.45) is 0.905. The predicted molar refractivity (Wildman–Crippen MR) is 75.9 cm³/mol. The summed E-state index contributed by atoms with van der Waals surface area (Å²) in [5.74, 6) is 0.772. The molecule has 20 heavy (non-hydrogen) atoms. The highest BCUT2D eigenvalue weighted by Gasteiger charge is 2.23. The molecule has 0 atom stereocenters. The monoisotopic (exact) mass is 273 g/mol. The lowest BCUT2D eigenvalue weighted by atomic mass is 10.1. The standard InChI is InChI=1S/C14H15N3O3/c1-2-10-3-4-12-11(9-10)13(15-20-12)16-5-7-17(8-6-16)14(18)19/h2-4,9H,1,5-8H2,(H,18,19). The van der Waals surface area contributed by atoms with Crippen LogP contribution >= 0.6 is 0 Å². The molecule has 3 rings (SSSR count). The quantitative estimate of drug-likeness (QED) is 0.909. The van der Waals surface area contributed by atoms with E-state index in [0.29, 0.717) is 26.2 Å². The third-order valence-corrected chi connectivity index (χ3v) is 3.56. The number of rotatable bonds is 2. The fraction of sp³-hybridized carbons (Fsp3) is 0.286. The van der Waals surface area contributed by atoms with Crippen molar-refractivity contribution in [2.75, 3.05) is 31.1 Å². The van der Waals surface area contributed by atoms with Gasteiger partial charge in [-0.15, -0.1) is 0 Å². The summed E-state index contributed by atoms with van der Waals surface area (Å²) in [5.41, 5.74) is 1.73. The van der Waals surface area contributed by atoms with Gasteiger partial charge in [0.15, 0.2) is 11.4 Å². The minimum absolute atomic E-state index is 0.477. The number of aromatic nitrogens is 1. The van der Waals surface area contributed by atoms with Crippen LogP contribution in [0.1, 0.15) is 5.56 Å². The Morgan fingerprint density at radius 3 is 2.75 bits per heavy atom. The summed E-state index contributed by atoms with van der Waals surface area (Å²) in [6.45, 7) is 5.95. The highest BCUT2D eigenvalue weighted by molar-refractivity contribution is 5.90. The fourth-order valence-corrected chi connectivity index (χ4v) is 2.41. The second-order valence-corrected chi connectivity index (χ2v) is 4.72. The van der Waals surface area contributed by atoms with E-state index in [1.165, 1.54) is 4.90 Å². The van der Waals surface area contributed by atoms with Crippen molar-refractivity contribution in [3.05, 3.63) is 30.3 Å². The Morgan fingerprint density at radius 1 is 1.35 bits per heavy atom. The van der Waals surface area contributed by atoms with Crippen LogP contribution in [-0.2, 0) is 0 Å². The van der Waals surface area contributed by atoms with Gasteiger partial charge in [-0.3, -0.25) is 0 Å². The van der Waals surface area contributed by atoms with Gasteiger partial charge in [-0.05, 0) is 17.7 Å². The van der Waals surface area contributed by atoms with Gasteiger partial charge in [0.1, 0.15) is 0 Å². The second kappa shape index (κ2) is 4.88. The Bertz CT molecular complexity index is 657. The van der Waals surface area contributed by atoms with Crippen LogP contribution in [0.5, 0.6) is 0 Å². The lowest BCUT2D eigenvalue weighted by Gasteiger charge is -2.33. The van der Waals surface area contributed by atoms with Gasteiger partial charge < -0.3 is 19.4 Å². The zero-order chi connectivity index (χ0) is 14.1. The van der Waals surface area contributed by atoms with Crippen LogP contribution in [0.15, 0.2) is 29.3 Å². The van der Waals surface area contributed by atoms with Crippen molar-refractivity contribution < 1.29 is 14.4 Å². The molecule has 0 aliphatic carbocycles. The Labute approximate surface area is 115 Å². The molecule has 1 saturated heterocycles. The summed E-state index contributed by atoms with van der Waals surface area (Å²) in [6, 6.07) is 5.78. The molecule has 2 heterocycles. The first kappa shape index (κ1) is 12.5. The maximum absolute atomic E-state index is 10.9. The van der Waals surface area contributed by atoms with Crippen molar-refractivity contribution in [2.45, 2.75) is 0 Å². The molecule has 1 aliphatic rings. The number of hydrogen-bond acceptors (Lipinski definition) is 4. The topological polar surface area (TPSA) is 69.8 Å². The molecule has 1 aliphatic heterocycles. The van der Waals surface area contributed by atoms with E-state index in [4.69, 9.17) is 9.63 Å². The van der Waals surface area contributed by atoms with Crippen LogP contribution in [0, 0.1) is 0 Å². The summed E-state index contributed by atoms with van der Waals surface area (Å²) in [7, 11) is 0. The van der Waals surface area contributed by atoms with E-state index in [1.807, 2.05) is 18.2 Å². The molecule has 0 spiro atoms. The first-order valence-electron chi connectivity index (χ1n) is 6.44. The van der Waals surface area contributed by atoms with E-state index in [9.17, 15) is 4.79 Å². The third kappa shape index (κ3) is 2.09. The maximum atomic E-state index is 10.9. The van der Waals surface area contributed by atoms with Crippen LogP contribution in [0.2, 0.25) is 0 Å². The molecule has 0 bridgehead atoms. The van der Waals surface area contributed by atoms with Gasteiger partial charge in [-0.25, -0.2) is 4.79 Å². The van der Waals surface area contributed by atoms with Crippen LogP contribution in [0.3, 0.4) is 0 Å². The van der Waals surface area contributed by atoms with Crippen LogP contribution in [0.4, 0.5) is 10.6 Å². The van der Waals surface area contributed by atoms with Crippen molar-refractivity contribution in [3.63, 3.8) is 0 Å². The molecule has 0 saturated carbocycles. The number of benzene rings is 1. The van der Waals surface area contributed by atoms with Gasteiger partial charge in [0, 0.05) is 26.2 Å². The fourth-order valence-electron chi connectivity index (χ4n) is 2.41. The van der Waals surface area contributed by atoms with Crippen molar-refractivity contribution in [2.24, 2.45) is 0 Å². The van der Waals surface area contributed by atoms with Crippen molar-refractivity contribution >= 4 is 29.0 Å². The number of carbonyl (C=O) groups is 1. The zero-order valence-corrected chi connectivity index (χ0v) is 11.0. The maximum Gasteiger partial charge on any atom is 0.407 e. The predicted octanol–water partition coefficient (Wildman–Crippen LogP) is 2.27. The van der Waals surface area contributed by atoms with Gasteiger partial charge in [-0.1, -0.05) is 23.9 Å². The van der Waals surface area contributed by atoms with E-state index >= 15 is 0 Å². The average molecular weight is 273 g/mol. The van der Waals surface area contributed by atoms with E-state index < -0.39 is 6.09 Å². The molecule has 1 fully saturated rings. The summed E-state index contributed by atoms with van der Waals surface area (Å²) >= 11 is 0. The number of carboxylic acid groups (broad SMARTS) is 1. The summed E-state index contributed by atoms with van der Waals surface area (Å²) < 4.78 is 5.32. The second-order valence-electron chi connectivity index (χ2n) is 4.72. The number of anilines is 1. The molecule has 1 N–H and O–H groups in total. The highest BCUT2D eigenvalue weighted by atomic mass is 16.5. The highest BCUT2D eigenvalue weighted by Crippen LogP contribution is 2.28. The molecule has 6 heteroatoms. The van der Waals surface area contributed by atoms with Crippen LogP contribution in [0.25, 0.3) is 17.0 Å². The SMILES string of the molecule is C=Cc1ccc2onc(N3CCN(C(=O)O)CC3)c2c1. The number of hydrogen-bond donors (Lipinski definition) is 1. The van der Waals surface area contributed by atoms with E-state index in [-0.39, 0.29) is 0 Å². The van der Waals surface area contributed by atoms with Gasteiger partial charge in [-0.2, -0.15) is 0 Å². The van der Waals surface area contributed by atoms with Gasteiger partial charge >= 0.3 is 6.09 Å². The Balaban J connectivity index is 1.87. The largest absolute Gasteiger partial charge is 0.465 e. The molecular weight excluding hydrogens is 258 g/mol. The molecule has 0 radical (unpaired) electrons. The lowest BCUT2D eigenvalue weighted by molar-refractivity contribution is 0.142. The lowest BCUT2D eigenvalue weighted by Crippen LogP contribution is -2.48.